The summed E-state index contributed by atoms with van der Waals surface area (Å²) in [6.07, 6.45) is 8.76. The van der Waals surface area contributed by atoms with Crippen LogP contribution in [-0.2, 0) is 16.0 Å². The van der Waals surface area contributed by atoms with Gasteiger partial charge in [-0.3, -0.25) is 4.79 Å². The van der Waals surface area contributed by atoms with Crippen molar-refractivity contribution < 1.29 is 18.8 Å². The van der Waals surface area contributed by atoms with Gasteiger partial charge in [0.2, 0.25) is 0 Å². The molecule has 0 spiro atoms. The van der Waals surface area contributed by atoms with E-state index < -0.39 is 5.54 Å². The molecule has 1 aromatic heterocycles. The topological polar surface area (TPSA) is 84.7 Å². The number of urea groups is 1. The molecule has 1 aliphatic carbocycles. The maximum Gasteiger partial charge on any atom is 0.318 e. The molecule has 2 fully saturated rings. The van der Waals surface area contributed by atoms with E-state index in [0.717, 1.165) is 69.2 Å². The molecular formula is C21H33N3O4. The molecule has 1 aromatic rings. The highest BCUT2D eigenvalue weighted by molar-refractivity contribution is 5.78. The first-order chi connectivity index (χ1) is 13.6. The molecule has 28 heavy (non-hydrogen) atoms. The number of aryl methyl sites for hydroxylation is 1. The Morgan fingerprint density at radius 1 is 1.29 bits per heavy atom. The monoisotopic (exact) mass is 391 g/mol. The molecule has 0 radical (unpaired) electrons. The molecule has 7 heteroatoms. The van der Waals surface area contributed by atoms with E-state index in [0.29, 0.717) is 13.2 Å². The normalized spacial score (nSPS) is 21.5. The fraction of sp³-hybridized carbons (Fsp3) is 0.762. The van der Waals surface area contributed by atoms with Crippen molar-refractivity contribution in [1.82, 2.24) is 15.4 Å². The lowest BCUT2D eigenvalue weighted by Crippen LogP contribution is -2.55. The van der Waals surface area contributed by atoms with E-state index >= 15 is 0 Å². The standard InChI is InChI=1S/C21H33N3O4/c1-3-9-16-14-17(23-28-16)18-10-8-13-24(18)20(26)22-21(11-6-5-7-12-21)15-19(25)27-4-2/h14,18H,3-13,15H2,1-2H3,(H,22,26)/t18-/m1/s1. The third kappa shape index (κ3) is 4.86. The Balaban J connectivity index is 1.70. The minimum atomic E-state index is -0.494. The van der Waals surface area contributed by atoms with Crippen LogP contribution in [0.3, 0.4) is 0 Å². The second-order valence-corrected chi connectivity index (χ2v) is 8.07. The van der Waals surface area contributed by atoms with E-state index in [-0.39, 0.29) is 24.5 Å². The summed E-state index contributed by atoms with van der Waals surface area (Å²) in [5.41, 5.74) is 0.338. The zero-order chi connectivity index (χ0) is 20.0. The van der Waals surface area contributed by atoms with Crippen molar-refractivity contribution in [2.45, 2.75) is 89.6 Å². The second kappa shape index (κ2) is 9.43. The lowest BCUT2D eigenvalue weighted by Gasteiger charge is -2.39. The van der Waals surface area contributed by atoms with Crippen molar-refractivity contribution in [2.75, 3.05) is 13.2 Å². The fourth-order valence-corrected chi connectivity index (χ4v) is 4.53. The zero-order valence-electron chi connectivity index (χ0n) is 17.2. The molecular weight excluding hydrogens is 358 g/mol. The van der Waals surface area contributed by atoms with Crippen molar-refractivity contribution >= 4 is 12.0 Å². The number of nitrogens with zero attached hydrogens (tertiary/aromatic N) is 2. The van der Waals surface area contributed by atoms with Gasteiger partial charge in [0.05, 0.1) is 24.6 Å². The summed E-state index contributed by atoms with van der Waals surface area (Å²) in [5, 5.41) is 7.44. The highest BCUT2D eigenvalue weighted by Gasteiger charge is 2.40. The Morgan fingerprint density at radius 3 is 2.79 bits per heavy atom. The third-order valence-electron chi connectivity index (χ3n) is 5.90. The second-order valence-electron chi connectivity index (χ2n) is 8.07. The Labute approximate surface area is 167 Å². The molecule has 2 aliphatic rings. The van der Waals surface area contributed by atoms with Crippen molar-refractivity contribution in [3.63, 3.8) is 0 Å². The summed E-state index contributed by atoms with van der Waals surface area (Å²) in [6, 6.07) is 1.82. The average Bonchev–Trinajstić information content (AvgIpc) is 3.31. The van der Waals surface area contributed by atoms with Crippen molar-refractivity contribution in [2.24, 2.45) is 0 Å². The van der Waals surface area contributed by atoms with Crippen LogP contribution in [0.4, 0.5) is 4.79 Å². The molecule has 0 aromatic carbocycles. The van der Waals surface area contributed by atoms with Gasteiger partial charge in [-0.1, -0.05) is 31.3 Å². The molecule has 1 atom stereocenters. The van der Waals surface area contributed by atoms with Gasteiger partial charge < -0.3 is 19.5 Å². The number of hydrogen-bond acceptors (Lipinski definition) is 5. The zero-order valence-corrected chi connectivity index (χ0v) is 17.2. The lowest BCUT2D eigenvalue weighted by atomic mass is 9.79. The van der Waals surface area contributed by atoms with E-state index in [1.54, 1.807) is 0 Å². The predicted molar refractivity (Wildman–Crippen MR) is 105 cm³/mol. The van der Waals surface area contributed by atoms with Crippen LogP contribution in [0.25, 0.3) is 0 Å². The van der Waals surface area contributed by atoms with Gasteiger partial charge in [0.25, 0.3) is 0 Å². The van der Waals surface area contributed by atoms with Crippen molar-refractivity contribution in [3.8, 4) is 0 Å². The van der Waals surface area contributed by atoms with Crippen LogP contribution in [0, 0.1) is 0 Å². The smallest absolute Gasteiger partial charge is 0.318 e. The maximum atomic E-state index is 13.2. The SMILES string of the molecule is CCCc1cc([C@H]2CCCN2C(=O)NC2(CC(=O)OCC)CCCCC2)no1. The number of carbonyl (C=O) groups is 2. The highest BCUT2D eigenvalue weighted by atomic mass is 16.5. The fourth-order valence-electron chi connectivity index (χ4n) is 4.53. The Bertz CT molecular complexity index is 666. The van der Waals surface area contributed by atoms with E-state index in [9.17, 15) is 9.59 Å². The van der Waals surface area contributed by atoms with E-state index in [2.05, 4.69) is 17.4 Å². The Morgan fingerprint density at radius 2 is 2.07 bits per heavy atom. The van der Waals surface area contributed by atoms with E-state index in [1.807, 2.05) is 17.9 Å². The van der Waals surface area contributed by atoms with Gasteiger partial charge >= 0.3 is 12.0 Å². The Kier molecular flexibility index (Phi) is 6.97. The van der Waals surface area contributed by atoms with Crippen LogP contribution >= 0.6 is 0 Å². The summed E-state index contributed by atoms with van der Waals surface area (Å²) in [6.45, 7) is 4.97. The Hall–Kier alpha value is -2.05. The number of esters is 1. The minimum absolute atomic E-state index is 0.0578. The molecule has 1 aliphatic heterocycles. The van der Waals surface area contributed by atoms with Gasteiger partial charge in [-0.25, -0.2) is 4.79 Å². The molecule has 1 N–H and O–H groups in total. The molecule has 1 saturated carbocycles. The van der Waals surface area contributed by atoms with E-state index in [4.69, 9.17) is 9.26 Å². The minimum Gasteiger partial charge on any atom is -0.466 e. The molecule has 1 saturated heterocycles. The number of amides is 2. The van der Waals surface area contributed by atoms with Crippen LogP contribution < -0.4 is 5.32 Å². The third-order valence-corrected chi connectivity index (χ3v) is 5.90. The highest BCUT2D eigenvalue weighted by Crippen LogP contribution is 2.35. The molecule has 0 bridgehead atoms. The van der Waals surface area contributed by atoms with Crippen molar-refractivity contribution in [1.29, 1.82) is 0 Å². The maximum absolute atomic E-state index is 13.2. The molecule has 156 valence electrons. The van der Waals surface area contributed by atoms with Crippen LogP contribution in [0.15, 0.2) is 10.6 Å². The van der Waals surface area contributed by atoms with Crippen molar-refractivity contribution in [3.05, 3.63) is 17.5 Å². The number of aromatic nitrogens is 1. The largest absolute Gasteiger partial charge is 0.466 e. The summed E-state index contributed by atoms with van der Waals surface area (Å²) in [5.74, 6) is 0.638. The molecule has 0 unspecified atom stereocenters. The molecule has 2 amide bonds. The van der Waals surface area contributed by atoms with Gasteiger partial charge in [-0.15, -0.1) is 0 Å². The average molecular weight is 392 g/mol. The van der Waals surface area contributed by atoms with Crippen LogP contribution in [0.1, 0.15) is 89.1 Å². The van der Waals surface area contributed by atoms with Gasteiger partial charge in [0.1, 0.15) is 11.5 Å². The summed E-state index contributed by atoms with van der Waals surface area (Å²) >= 11 is 0. The van der Waals surface area contributed by atoms with E-state index in [1.165, 1.54) is 0 Å². The quantitative estimate of drug-likeness (QED) is 0.707. The van der Waals surface area contributed by atoms with Crippen LogP contribution in [0.2, 0.25) is 0 Å². The van der Waals surface area contributed by atoms with Gasteiger partial charge in [-0.05, 0) is 39.0 Å². The molecule has 2 heterocycles. The first kappa shape index (κ1) is 20.7. The number of likely N-dealkylation sites (tertiary alicyclic amines) is 1. The summed E-state index contributed by atoms with van der Waals surface area (Å²) in [7, 11) is 0. The first-order valence-corrected chi connectivity index (χ1v) is 10.8. The number of nitrogens with one attached hydrogen (secondary N) is 1. The number of hydrogen-bond donors (Lipinski definition) is 1. The van der Waals surface area contributed by atoms with Crippen LogP contribution in [0.5, 0.6) is 0 Å². The molecule has 7 nitrogen and oxygen atoms in total. The number of ether oxygens (including phenoxy) is 1. The first-order valence-electron chi connectivity index (χ1n) is 10.8. The van der Waals surface area contributed by atoms with Gasteiger partial charge in [-0.2, -0.15) is 0 Å². The van der Waals surface area contributed by atoms with Gasteiger partial charge in [0.15, 0.2) is 0 Å². The molecule has 3 rings (SSSR count). The summed E-state index contributed by atoms with van der Waals surface area (Å²) in [4.78, 5) is 27.2. The summed E-state index contributed by atoms with van der Waals surface area (Å²) < 4.78 is 10.6. The van der Waals surface area contributed by atoms with Crippen LogP contribution in [-0.4, -0.2) is 40.7 Å². The predicted octanol–water partition coefficient (Wildman–Crippen LogP) is 4.13. The lowest BCUT2D eigenvalue weighted by molar-refractivity contribution is -0.145. The van der Waals surface area contributed by atoms with Gasteiger partial charge in [0, 0.05) is 19.0 Å². The number of carbonyl (C=O) groups excluding carboxylic acids is 2. The number of rotatable bonds is 7.